The number of hydrogen-bond donors (Lipinski definition) is 2. The lowest BCUT2D eigenvalue weighted by molar-refractivity contribution is -0.122. The summed E-state index contributed by atoms with van der Waals surface area (Å²) < 4.78 is 0. The van der Waals surface area contributed by atoms with E-state index in [0.717, 1.165) is 42.4 Å². The van der Waals surface area contributed by atoms with Gasteiger partial charge in [0.05, 0.1) is 11.6 Å². The minimum Gasteiger partial charge on any atom is -0.355 e. The maximum absolute atomic E-state index is 12.0. The molecule has 0 bridgehead atoms. The van der Waals surface area contributed by atoms with Crippen molar-refractivity contribution >= 4 is 16.8 Å². The molecule has 1 aromatic carbocycles. The van der Waals surface area contributed by atoms with E-state index >= 15 is 0 Å². The predicted molar refractivity (Wildman–Crippen MR) is 84.0 cm³/mol. The number of hydrogen-bond acceptors (Lipinski definition) is 3. The molecule has 2 heterocycles. The molecule has 2 aromatic rings. The molecule has 1 amide bonds. The van der Waals surface area contributed by atoms with Crippen molar-refractivity contribution in [2.24, 2.45) is 0 Å². The first-order valence-electron chi connectivity index (χ1n) is 7.60. The molecular weight excluding hydrogens is 262 g/mol. The van der Waals surface area contributed by atoms with Crippen molar-refractivity contribution in [2.75, 3.05) is 6.54 Å². The Balaban J connectivity index is 1.80. The fraction of sp³-hybridized carbons (Fsp3) is 0.412. The van der Waals surface area contributed by atoms with Crippen LogP contribution in [0, 0.1) is 6.92 Å². The van der Waals surface area contributed by atoms with Crippen molar-refractivity contribution in [1.29, 1.82) is 0 Å². The molecular formula is C17H21N3O. The van der Waals surface area contributed by atoms with Crippen molar-refractivity contribution in [2.45, 2.75) is 38.8 Å². The van der Waals surface area contributed by atoms with Crippen molar-refractivity contribution in [1.82, 2.24) is 15.6 Å². The zero-order valence-corrected chi connectivity index (χ0v) is 12.4. The van der Waals surface area contributed by atoms with Crippen LogP contribution >= 0.6 is 0 Å². The number of benzene rings is 1. The molecule has 1 aromatic heterocycles. The average molecular weight is 283 g/mol. The fourth-order valence-electron chi connectivity index (χ4n) is 2.91. The van der Waals surface area contributed by atoms with E-state index in [1.165, 1.54) is 5.56 Å². The molecule has 1 aliphatic heterocycles. The molecule has 110 valence electrons. The van der Waals surface area contributed by atoms with E-state index in [2.05, 4.69) is 27.8 Å². The summed E-state index contributed by atoms with van der Waals surface area (Å²) in [6, 6.07) is 10.2. The van der Waals surface area contributed by atoms with Crippen LogP contribution in [0.25, 0.3) is 10.9 Å². The first kappa shape index (κ1) is 14.0. The molecule has 0 saturated carbocycles. The normalized spacial score (nSPS) is 19.3. The number of aromatic nitrogens is 1. The molecule has 3 rings (SSSR count). The summed E-state index contributed by atoms with van der Waals surface area (Å²) in [5.74, 6) is 0.127. The van der Waals surface area contributed by atoms with Gasteiger partial charge in [-0.2, -0.15) is 0 Å². The van der Waals surface area contributed by atoms with Gasteiger partial charge in [-0.25, -0.2) is 0 Å². The zero-order chi connectivity index (χ0) is 14.7. The summed E-state index contributed by atoms with van der Waals surface area (Å²) in [4.78, 5) is 16.5. The fourth-order valence-corrected chi connectivity index (χ4v) is 2.91. The third-order valence-electron chi connectivity index (χ3n) is 4.00. The molecule has 1 unspecified atom stereocenters. The van der Waals surface area contributed by atoms with Crippen LogP contribution in [0.4, 0.5) is 0 Å². The first-order chi connectivity index (χ1) is 10.2. The van der Waals surface area contributed by atoms with Gasteiger partial charge < -0.3 is 10.6 Å². The third-order valence-corrected chi connectivity index (χ3v) is 4.00. The molecule has 1 saturated heterocycles. The van der Waals surface area contributed by atoms with Gasteiger partial charge in [0.2, 0.25) is 5.91 Å². The number of aryl methyl sites for hydroxylation is 1. The highest BCUT2D eigenvalue weighted by Gasteiger charge is 2.20. The number of amides is 1. The lowest BCUT2D eigenvalue weighted by Crippen LogP contribution is -2.42. The molecule has 0 spiro atoms. The van der Waals surface area contributed by atoms with Crippen molar-refractivity contribution in [3.05, 3.63) is 41.6 Å². The van der Waals surface area contributed by atoms with E-state index in [1.807, 2.05) is 25.1 Å². The second kappa shape index (κ2) is 6.22. The van der Waals surface area contributed by atoms with E-state index in [9.17, 15) is 4.79 Å². The lowest BCUT2D eigenvalue weighted by Gasteiger charge is -2.16. The van der Waals surface area contributed by atoms with Crippen LogP contribution in [0.15, 0.2) is 30.3 Å². The maximum Gasteiger partial charge on any atom is 0.237 e. The Morgan fingerprint density at radius 1 is 1.33 bits per heavy atom. The largest absolute Gasteiger partial charge is 0.355 e. The smallest absolute Gasteiger partial charge is 0.237 e. The second-order valence-corrected chi connectivity index (χ2v) is 5.66. The van der Waals surface area contributed by atoms with Gasteiger partial charge in [-0.15, -0.1) is 0 Å². The van der Waals surface area contributed by atoms with E-state index in [4.69, 9.17) is 0 Å². The Hall–Kier alpha value is -1.94. The van der Waals surface area contributed by atoms with Crippen LogP contribution in [0.1, 0.15) is 30.5 Å². The quantitative estimate of drug-likeness (QED) is 0.909. The number of fused-ring (bicyclic) bond motifs is 1. The minimum absolute atomic E-state index is 0.0836. The molecule has 0 radical (unpaired) electrons. The zero-order valence-electron chi connectivity index (χ0n) is 12.4. The van der Waals surface area contributed by atoms with Crippen molar-refractivity contribution in [3.8, 4) is 0 Å². The molecule has 1 aliphatic rings. The highest BCUT2D eigenvalue weighted by Crippen LogP contribution is 2.18. The van der Waals surface area contributed by atoms with Crippen LogP contribution in [0.5, 0.6) is 0 Å². The molecule has 1 fully saturated rings. The highest BCUT2D eigenvalue weighted by atomic mass is 16.2. The second-order valence-electron chi connectivity index (χ2n) is 5.66. The predicted octanol–water partition coefficient (Wildman–Crippen LogP) is 2.30. The van der Waals surface area contributed by atoms with Crippen LogP contribution in [0.3, 0.4) is 0 Å². The lowest BCUT2D eigenvalue weighted by atomic mass is 10.1. The van der Waals surface area contributed by atoms with Crippen molar-refractivity contribution in [3.63, 3.8) is 0 Å². The number of para-hydroxylation sites is 1. The SMILES string of the molecule is Cc1cc(CNC2CCCCNC2=O)c2ccccc2n1. The van der Waals surface area contributed by atoms with Gasteiger partial charge in [0, 0.05) is 24.2 Å². The van der Waals surface area contributed by atoms with E-state index in [0.29, 0.717) is 6.54 Å². The monoisotopic (exact) mass is 283 g/mol. The Labute approximate surface area is 125 Å². The number of carbonyl (C=O) groups is 1. The Morgan fingerprint density at radius 3 is 3.10 bits per heavy atom. The molecule has 4 heteroatoms. The number of nitrogens with zero attached hydrogens (tertiary/aromatic N) is 1. The number of pyridine rings is 1. The summed E-state index contributed by atoms with van der Waals surface area (Å²) in [6.07, 6.45) is 3.07. The third kappa shape index (κ3) is 3.22. The molecule has 4 nitrogen and oxygen atoms in total. The Morgan fingerprint density at radius 2 is 2.19 bits per heavy atom. The first-order valence-corrected chi connectivity index (χ1v) is 7.60. The van der Waals surface area contributed by atoms with Crippen LogP contribution in [-0.2, 0) is 11.3 Å². The van der Waals surface area contributed by atoms with E-state index in [-0.39, 0.29) is 11.9 Å². The van der Waals surface area contributed by atoms with Gasteiger partial charge in [0.15, 0.2) is 0 Å². The van der Waals surface area contributed by atoms with Gasteiger partial charge in [-0.05, 0) is 43.9 Å². The summed E-state index contributed by atoms with van der Waals surface area (Å²) in [5, 5.41) is 7.53. The molecule has 21 heavy (non-hydrogen) atoms. The van der Waals surface area contributed by atoms with Crippen LogP contribution in [0.2, 0.25) is 0 Å². The van der Waals surface area contributed by atoms with Gasteiger partial charge in [0.1, 0.15) is 0 Å². The minimum atomic E-state index is -0.0836. The van der Waals surface area contributed by atoms with Gasteiger partial charge >= 0.3 is 0 Å². The standard InChI is InChI=1S/C17H21N3O/c1-12-10-13(14-6-2-3-7-15(14)20-12)11-19-16-8-4-5-9-18-17(16)21/h2-3,6-7,10,16,19H,4-5,8-9,11H2,1H3,(H,18,21). The van der Waals surface area contributed by atoms with Crippen LogP contribution < -0.4 is 10.6 Å². The highest BCUT2D eigenvalue weighted by molar-refractivity contribution is 5.83. The number of carbonyl (C=O) groups excluding carboxylic acids is 1. The van der Waals surface area contributed by atoms with Crippen LogP contribution in [-0.4, -0.2) is 23.5 Å². The number of rotatable bonds is 3. The van der Waals surface area contributed by atoms with Gasteiger partial charge in [-0.1, -0.05) is 18.2 Å². The van der Waals surface area contributed by atoms with Crippen molar-refractivity contribution < 1.29 is 4.79 Å². The summed E-state index contributed by atoms with van der Waals surface area (Å²) in [5.41, 5.74) is 3.23. The summed E-state index contributed by atoms with van der Waals surface area (Å²) in [6.45, 7) is 3.50. The Bertz CT molecular complexity index is 654. The molecule has 2 N–H and O–H groups in total. The van der Waals surface area contributed by atoms with E-state index < -0.39 is 0 Å². The number of nitrogens with one attached hydrogen (secondary N) is 2. The topological polar surface area (TPSA) is 54.0 Å². The Kier molecular flexibility index (Phi) is 4.15. The summed E-state index contributed by atoms with van der Waals surface area (Å²) in [7, 11) is 0. The maximum atomic E-state index is 12.0. The molecule has 1 atom stereocenters. The van der Waals surface area contributed by atoms with Gasteiger partial charge in [0.25, 0.3) is 0 Å². The van der Waals surface area contributed by atoms with E-state index in [1.54, 1.807) is 0 Å². The summed E-state index contributed by atoms with van der Waals surface area (Å²) >= 11 is 0. The molecule has 0 aliphatic carbocycles. The van der Waals surface area contributed by atoms with Gasteiger partial charge in [-0.3, -0.25) is 9.78 Å². The average Bonchev–Trinajstić information content (AvgIpc) is 2.69.